The van der Waals surface area contributed by atoms with Crippen LogP contribution >= 0.6 is 11.6 Å². The number of alkyl halides is 3. The first-order chi connectivity index (χ1) is 18.8. The number of hydrogen-bond donors (Lipinski definition) is 3. The first-order valence-corrected chi connectivity index (χ1v) is 14.0. The topological polar surface area (TPSA) is 109 Å². The summed E-state index contributed by atoms with van der Waals surface area (Å²) in [6.07, 6.45) is -2.03. The van der Waals surface area contributed by atoms with Gasteiger partial charge in [0.25, 0.3) is 15.9 Å². The van der Waals surface area contributed by atoms with Gasteiger partial charge < -0.3 is 15.4 Å². The summed E-state index contributed by atoms with van der Waals surface area (Å²) in [6.45, 7) is 3.31. The number of carbonyl (C=O) groups is 1. The molecule has 0 saturated carbocycles. The second-order valence-electron chi connectivity index (χ2n) is 9.22. The molecule has 8 nitrogen and oxygen atoms in total. The van der Waals surface area contributed by atoms with E-state index in [1.54, 1.807) is 0 Å². The van der Waals surface area contributed by atoms with Gasteiger partial charge in [-0.05, 0) is 80.7 Å². The standard InChI is InChI=1S/C26H25ClF4N4O4S/c1-15-10-17(28)2-3-22(15)39-23-13-20(26(29,30)31)21(27)12-19(23)25(36)35-18-6-9-33-24(11-18)40(37,38)34-14-16-4-7-32-8-5-16/h2-3,6,9-13,16,32,34H,4-5,7-8,14H2,1H3,(H,33,35,36). The molecule has 1 fully saturated rings. The van der Waals surface area contributed by atoms with Gasteiger partial charge >= 0.3 is 6.18 Å². The summed E-state index contributed by atoms with van der Waals surface area (Å²) in [4.78, 5) is 17.1. The molecule has 0 aliphatic carbocycles. The molecule has 1 aliphatic heterocycles. The predicted molar refractivity (Wildman–Crippen MR) is 141 cm³/mol. The number of nitrogens with one attached hydrogen (secondary N) is 3. The average molecular weight is 601 g/mol. The van der Waals surface area contributed by atoms with Gasteiger partial charge in [0.1, 0.15) is 17.3 Å². The Labute approximate surface area is 233 Å². The Morgan fingerprint density at radius 2 is 1.85 bits per heavy atom. The largest absolute Gasteiger partial charge is 0.456 e. The number of sulfonamides is 1. The molecule has 0 unspecified atom stereocenters. The highest BCUT2D eigenvalue weighted by Gasteiger charge is 2.35. The third kappa shape index (κ3) is 7.27. The molecule has 3 N–H and O–H groups in total. The van der Waals surface area contributed by atoms with E-state index in [1.807, 2.05) is 0 Å². The molecular formula is C26H25ClF4N4O4S. The molecule has 3 aromatic rings. The van der Waals surface area contributed by atoms with Crippen molar-refractivity contribution in [3.05, 3.63) is 76.2 Å². The predicted octanol–water partition coefficient (Wildman–Crippen LogP) is 5.52. The van der Waals surface area contributed by atoms with Crippen molar-refractivity contribution in [1.29, 1.82) is 0 Å². The van der Waals surface area contributed by atoms with Gasteiger partial charge in [0.05, 0.1) is 16.1 Å². The van der Waals surface area contributed by atoms with E-state index in [9.17, 15) is 30.8 Å². The molecule has 1 aromatic heterocycles. The first kappa shape index (κ1) is 29.7. The molecule has 1 saturated heterocycles. The number of anilines is 1. The van der Waals surface area contributed by atoms with Crippen LogP contribution in [-0.2, 0) is 16.2 Å². The smallest absolute Gasteiger partial charge is 0.417 e. The fourth-order valence-electron chi connectivity index (χ4n) is 4.10. The highest BCUT2D eigenvalue weighted by Crippen LogP contribution is 2.40. The number of nitrogens with zero attached hydrogens (tertiary/aromatic N) is 1. The van der Waals surface area contributed by atoms with Crippen LogP contribution in [0.15, 0.2) is 53.7 Å². The number of halogens is 5. The Morgan fingerprint density at radius 3 is 2.52 bits per heavy atom. The van der Waals surface area contributed by atoms with Crippen LogP contribution in [0.25, 0.3) is 0 Å². The molecule has 14 heteroatoms. The summed E-state index contributed by atoms with van der Waals surface area (Å²) in [5, 5.41) is 4.56. The number of piperidine rings is 1. The number of carbonyl (C=O) groups excluding carboxylic acids is 1. The summed E-state index contributed by atoms with van der Waals surface area (Å²) in [7, 11) is -4.00. The van der Waals surface area contributed by atoms with Crippen molar-refractivity contribution in [2.75, 3.05) is 25.0 Å². The number of hydrogen-bond acceptors (Lipinski definition) is 6. The van der Waals surface area contributed by atoms with Crippen molar-refractivity contribution in [1.82, 2.24) is 15.0 Å². The molecule has 2 aromatic carbocycles. The normalized spacial score (nSPS) is 14.7. The fourth-order valence-corrected chi connectivity index (χ4v) is 5.45. The third-order valence-electron chi connectivity index (χ3n) is 6.26. The quantitative estimate of drug-likeness (QED) is 0.294. The molecule has 0 spiro atoms. The SMILES string of the molecule is Cc1cc(F)ccc1Oc1cc(C(F)(F)F)c(Cl)cc1C(=O)Nc1ccnc(S(=O)(=O)NCC2CCNCC2)c1. The van der Waals surface area contributed by atoms with Gasteiger partial charge in [-0.1, -0.05) is 11.6 Å². The van der Waals surface area contributed by atoms with Gasteiger partial charge in [-0.3, -0.25) is 4.79 Å². The molecule has 1 aliphatic rings. The van der Waals surface area contributed by atoms with Crippen molar-refractivity contribution >= 4 is 33.2 Å². The molecule has 0 bridgehead atoms. The van der Waals surface area contributed by atoms with Gasteiger partial charge in [-0.15, -0.1) is 0 Å². The molecule has 40 heavy (non-hydrogen) atoms. The lowest BCUT2D eigenvalue weighted by Crippen LogP contribution is -2.36. The van der Waals surface area contributed by atoms with Crippen LogP contribution in [0.3, 0.4) is 0 Å². The van der Waals surface area contributed by atoms with Gasteiger partial charge in [0.15, 0.2) is 5.03 Å². The van der Waals surface area contributed by atoms with Crippen LogP contribution in [0.1, 0.15) is 34.3 Å². The number of rotatable bonds is 8. The van der Waals surface area contributed by atoms with Gasteiger partial charge in [0.2, 0.25) is 0 Å². The fraction of sp³-hybridized carbons (Fsp3) is 0.308. The summed E-state index contributed by atoms with van der Waals surface area (Å²) >= 11 is 5.87. The maximum absolute atomic E-state index is 13.6. The molecule has 2 heterocycles. The molecule has 4 rings (SSSR count). The van der Waals surface area contributed by atoms with Crippen LogP contribution in [0, 0.1) is 18.7 Å². The van der Waals surface area contributed by atoms with Crippen LogP contribution in [-0.4, -0.2) is 38.9 Å². The number of benzene rings is 2. The van der Waals surface area contributed by atoms with Crippen molar-refractivity contribution in [2.45, 2.75) is 31.0 Å². The molecule has 0 atom stereocenters. The Morgan fingerprint density at radius 1 is 1.12 bits per heavy atom. The number of aromatic nitrogens is 1. The molecule has 0 radical (unpaired) electrons. The van der Waals surface area contributed by atoms with Crippen molar-refractivity contribution in [3.63, 3.8) is 0 Å². The van der Waals surface area contributed by atoms with E-state index in [0.717, 1.165) is 50.2 Å². The first-order valence-electron chi connectivity index (χ1n) is 12.2. The minimum absolute atomic E-state index is 0.0159. The van der Waals surface area contributed by atoms with Gasteiger partial charge in [-0.25, -0.2) is 22.5 Å². The van der Waals surface area contributed by atoms with Gasteiger partial charge in [-0.2, -0.15) is 13.2 Å². The Kier molecular flexibility index (Phi) is 8.98. The summed E-state index contributed by atoms with van der Waals surface area (Å²) < 4.78 is 87.9. The molecule has 214 valence electrons. The van der Waals surface area contributed by atoms with Crippen molar-refractivity contribution in [2.24, 2.45) is 5.92 Å². The second kappa shape index (κ2) is 12.1. The number of ether oxygens (including phenoxy) is 1. The zero-order valence-corrected chi connectivity index (χ0v) is 22.7. The maximum Gasteiger partial charge on any atom is 0.417 e. The zero-order chi connectivity index (χ0) is 29.1. The number of aryl methyl sites for hydroxylation is 1. The van der Waals surface area contributed by atoms with E-state index in [1.165, 1.54) is 25.3 Å². The maximum atomic E-state index is 13.6. The lowest BCUT2D eigenvalue weighted by Gasteiger charge is -2.22. The Hall–Kier alpha value is -3.26. The van der Waals surface area contributed by atoms with E-state index in [2.05, 4.69) is 20.3 Å². The number of pyridine rings is 1. The summed E-state index contributed by atoms with van der Waals surface area (Å²) in [5.74, 6) is -1.81. The highest BCUT2D eigenvalue weighted by atomic mass is 35.5. The monoisotopic (exact) mass is 600 g/mol. The average Bonchev–Trinajstić information content (AvgIpc) is 2.90. The zero-order valence-electron chi connectivity index (χ0n) is 21.1. The lowest BCUT2D eigenvalue weighted by molar-refractivity contribution is -0.137. The number of amides is 1. The van der Waals surface area contributed by atoms with Crippen molar-refractivity contribution < 1.29 is 35.5 Å². The lowest BCUT2D eigenvalue weighted by atomic mass is 9.99. The van der Waals surface area contributed by atoms with E-state index in [4.69, 9.17) is 16.3 Å². The van der Waals surface area contributed by atoms with E-state index < -0.39 is 44.3 Å². The Bertz CT molecular complexity index is 1510. The van der Waals surface area contributed by atoms with Crippen molar-refractivity contribution in [3.8, 4) is 11.5 Å². The molecular weight excluding hydrogens is 576 g/mol. The minimum Gasteiger partial charge on any atom is -0.456 e. The summed E-state index contributed by atoms with van der Waals surface area (Å²) in [5.41, 5.74) is -1.32. The van der Waals surface area contributed by atoms with Crippen LogP contribution in [0.5, 0.6) is 11.5 Å². The summed E-state index contributed by atoms with van der Waals surface area (Å²) in [6, 6.07) is 7.21. The van der Waals surface area contributed by atoms with Gasteiger partial charge in [0, 0.05) is 24.5 Å². The Balaban J connectivity index is 1.60. The van der Waals surface area contributed by atoms with Crippen LogP contribution in [0.2, 0.25) is 5.02 Å². The van der Waals surface area contributed by atoms with Crippen LogP contribution in [0.4, 0.5) is 23.2 Å². The van der Waals surface area contributed by atoms with E-state index in [-0.39, 0.29) is 40.1 Å². The van der Waals surface area contributed by atoms with E-state index in [0.29, 0.717) is 6.07 Å². The van der Waals surface area contributed by atoms with E-state index >= 15 is 0 Å². The second-order valence-corrected chi connectivity index (χ2v) is 11.3. The minimum atomic E-state index is -4.85. The third-order valence-corrected chi connectivity index (χ3v) is 7.90. The molecule has 1 amide bonds. The van der Waals surface area contributed by atoms with Crippen LogP contribution < -0.4 is 20.1 Å². The highest BCUT2D eigenvalue weighted by molar-refractivity contribution is 7.89.